The van der Waals surface area contributed by atoms with Crippen molar-refractivity contribution in [1.82, 2.24) is 4.90 Å². The molecule has 18 heavy (non-hydrogen) atoms. The smallest absolute Gasteiger partial charge is 0.0644 e. The van der Waals surface area contributed by atoms with Crippen LogP contribution in [0.1, 0.15) is 31.2 Å². The van der Waals surface area contributed by atoms with E-state index in [1.54, 1.807) is 0 Å². The summed E-state index contributed by atoms with van der Waals surface area (Å²) in [5, 5.41) is 9.95. The maximum absolute atomic E-state index is 9.95. The molecular weight excluding hydrogens is 224 g/mol. The predicted molar refractivity (Wildman–Crippen MR) is 74.5 cm³/mol. The van der Waals surface area contributed by atoms with Crippen LogP contribution >= 0.6 is 0 Å². The summed E-state index contributed by atoms with van der Waals surface area (Å²) in [6.45, 7) is 5.54. The van der Waals surface area contributed by atoms with Crippen molar-refractivity contribution >= 4 is 0 Å². The molecule has 0 amide bonds. The van der Waals surface area contributed by atoms with E-state index in [0.29, 0.717) is 12.5 Å². The Balaban J connectivity index is 1.92. The molecule has 0 radical (unpaired) electrons. The fourth-order valence-corrected chi connectivity index (χ4v) is 2.57. The maximum Gasteiger partial charge on any atom is 0.0644 e. The molecular formula is C15H24N2O. The Labute approximate surface area is 110 Å². The van der Waals surface area contributed by atoms with Gasteiger partial charge in [-0.2, -0.15) is 0 Å². The first-order valence-corrected chi connectivity index (χ1v) is 6.80. The largest absolute Gasteiger partial charge is 0.390 e. The molecule has 3 N–H and O–H groups in total. The van der Waals surface area contributed by atoms with Gasteiger partial charge in [0.15, 0.2) is 0 Å². The maximum atomic E-state index is 9.95. The molecule has 3 heteroatoms. The van der Waals surface area contributed by atoms with Crippen LogP contribution in [0, 0.1) is 0 Å². The van der Waals surface area contributed by atoms with E-state index >= 15 is 0 Å². The van der Waals surface area contributed by atoms with E-state index in [2.05, 4.69) is 29.2 Å². The van der Waals surface area contributed by atoms with Crippen molar-refractivity contribution < 1.29 is 5.11 Å². The summed E-state index contributed by atoms with van der Waals surface area (Å²) < 4.78 is 0. The van der Waals surface area contributed by atoms with Crippen LogP contribution in [0.25, 0.3) is 0 Å². The van der Waals surface area contributed by atoms with Crippen molar-refractivity contribution in [2.75, 3.05) is 26.2 Å². The van der Waals surface area contributed by atoms with Gasteiger partial charge in [0.25, 0.3) is 0 Å². The third kappa shape index (κ3) is 3.55. The van der Waals surface area contributed by atoms with Gasteiger partial charge in [0.05, 0.1) is 5.60 Å². The zero-order chi connectivity index (χ0) is 13.0. The van der Waals surface area contributed by atoms with Crippen LogP contribution in [0.3, 0.4) is 0 Å². The number of aliphatic hydroxyl groups is 1. The van der Waals surface area contributed by atoms with Gasteiger partial charge in [-0.25, -0.2) is 0 Å². The number of hydrogen-bond acceptors (Lipinski definition) is 3. The average molecular weight is 248 g/mol. The molecule has 0 spiro atoms. The zero-order valence-corrected chi connectivity index (χ0v) is 11.2. The average Bonchev–Trinajstić information content (AvgIpc) is 2.39. The van der Waals surface area contributed by atoms with E-state index < -0.39 is 5.60 Å². The molecule has 0 saturated carbocycles. The Bertz CT molecular complexity index is 354. The SMILES string of the molecule is CC1(O)CCN(CC(CN)c2ccccc2)CC1. The van der Waals surface area contributed by atoms with Crippen LogP contribution < -0.4 is 5.73 Å². The predicted octanol–water partition coefficient (Wildman–Crippen LogP) is 1.58. The number of benzene rings is 1. The van der Waals surface area contributed by atoms with Gasteiger partial charge >= 0.3 is 0 Å². The van der Waals surface area contributed by atoms with Crippen LogP contribution in [0.5, 0.6) is 0 Å². The molecule has 0 bridgehead atoms. The Kier molecular flexibility index (Phi) is 4.38. The third-order valence-electron chi connectivity index (χ3n) is 3.97. The molecule has 1 atom stereocenters. The summed E-state index contributed by atoms with van der Waals surface area (Å²) in [5.74, 6) is 0.397. The van der Waals surface area contributed by atoms with Gasteiger partial charge in [-0.1, -0.05) is 30.3 Å². The monoisotopic (exact) mass is 248 g/mol. The summed E-state index contributed by atoms with van der Waals surface area (Å²) in [6.07, 6.45) is 1.72. The lowest BCUT2D eigenvalue weighted by Crippen LogP contribution is -2.44. The summed E-state index contributed by atoms with van der Waals surface area (Å²) in [5.41, 5.74) is 6.75. The highest BCUT2D eigenvalue weighted by molar-refractivity contribution is 5.20. The van der Waals surface area contributed by atoms with Gasteiger partial charge in [0, 0.05) is 32.1 Å². The Hall–Kier alpha value is -0.900. The Morgan fingerprint density at radius 3 is 2.44 bits per heavy atom. The minimum absolute atomic E-state index is 0.397. The van der Waals surface area contributed by atoms with Crippen molar-refractivity contribution in [2.24, 2.45) is 5.73 Å². The van der Waals surface area contributed by atoms with Crippen LogP contribution in [0.4, 0.5) is 0 Å². The number of piperidine rings is 1. The summed E-state index contributed by atoms with van der Waals surface area (Å²) in [6, 6.07) is 10.5. The molecule has 1 unspecified atom stereocenters. The lowest BCUT2D eigenvalue weighted by molar-refractivity contribution is -0.00642. The van der Waals surface area contributed by atoms with Gasteiger partial charge in [-0.3, -0.25) is 0 Å². The Morgan fingerprint density at radius 2 is 1.89 bits per heavy atom. The number of hydrogen-bond donors (Lipinski definition) is 2. The lowest BCUT2D eigenvalue weighted by Gasteiger charge is -2.37. The molecule has 0 aromatic heterocycles. The van der Waals surface area contributed by atoms with E-state index in [1.165, 1.54) is 5.56 Å². The highest BCUT2D eigenvalue weighted by Crippen LogP contribution is 2.23. The standard InChI is InChI=1S/C15H24N2O/c1-15(18)7-9-17(10-8-15)12-14(11-16)13-5-3-2-4-6-13/h2-6,14,18H,7-12,16H2,1H3. The quantitative estimate of drug-likeness (QED) is 0.850. The van der Waals surface area contributed by atoms with Crippen LogP contribution in [-0.2, 0) is 0 Å². The van der Waals surface area contributed by atoms with E-state index in [0.717, 1.165) is 32.5 Å². The van der Waals surface area contributed by atoms with E-state index in [1.807, 2.05) is 13.0 Å². The van der Waals surface area contributed by atoms with Crippen LogP contribution in [0.15, 0.2) is 30.3 Å². The summed E-state index contributed by atoms with van der Waals surface area (Å²) in [4.78, 5) is 2.42. The van der Waals surface area contributed by atoms with Crippen LogP contribution in [-0.4, -0.2) is 41.8 Å². The first-order chi connectivity index (χ1) is 8.61. The molecule has 0 aliphatic carbocycles. The van der Waals surface area contributed by atoms with Gasteiger partial charge in [-0.15, -0.1) is 0 Å². The van der Waals surface area contributed by atoms with E-state index in [9.17, 15) is 5.11 Å². The summed E-state index contributed by atoms with van der Waals surface area (Å²) in [7, 11) is 0. The molecule has 1 aliphatic rings. The van der Waals surface area contributed by atoms with E-state index in [4.69, 9.17) is 5.73 Å². The first-order valence-electron chi connectivity index (χ1n) is 6.80. The third-order valence-corrected chi connectivity index (χ3v) is 3.97. The van der Waals surface area contributed by atoms with Gasteiger partial charge in [-0.05, 0) is 25.3 Å². The first kappa shape index (κ1) is 13.5. The second-order valence-corrected chi connectivity index (χ2v) is 5.64. The fraction of sp³-hybridized carbons (Fsp3) is 0.600. The van der Waals surface area contributed by atoms with Crippen molar-refractivity contribution in [3.63, 3.8) is 0 Å². The minimum Gasteiger partial charge on any atom is -0.390 e. The molecule has 2 rings (SSSR count). The van der Waals surface area contributed by atoms with Crippen molar-refractivity contribution in [3.05, 3.63) is 35.9 Å². The van der Waals surface area contributed by atoms with Gasteiger partial charge in [0.1, 0.15) is 0 Å². The number of nitrogens with zero attached hydrogens (tertiary/aromatic N) is 1. The second kappa shape index (κ2) is 5.83. The highest BCUT2D eigenvalue weighted by atomic mass is 16.3. The van der Waals surface area contributed by atoms with Crippen LogP contribution in [0.2, 0.25) is 0 Å². The molecule has 1 aromatic rings. The number of rotatable bonds is 4. The fourth-order valence-electron chi connectivity index (χ4n) is 2.57. The second-order valence-electron chi connectivity index (χ2n) is 5.64. The Morgan fingerprint density at radius 1 is 1.28 bits per heavy atom. The minimum atomic E-state index is -0.471. The number of nitrogens with two attached hydrogens (primary N) is 1. The van der Waals surface area contributed by atoms with Gasteiger partial charge < -0.3 is 15.7 Å². The highest BCUT2D eigenvalue weighted by Gasteiger charge is 2.28. The van der Waals surface area contributed by atoms with Crippen molar-refractivity contribution in [3.8, 4) is 0 Å². The molecule has 1 aliphatic heterocycles. The molecule has 1 heterocycles. The lowest BCUT2D eigenvalue weighted by atomic mass is 9.92. The van der Waals surface area contributed by atoms with Gasteiger partial charge in [0.2, 0.25) is 0 Å². The summed E-state index contributed by atoms with van der Waals surface area (Å²) >= 11 is 0. The zero-order valence-electron chi connectivity index (χ0n) is 11.2. The molecule has 100 valence electrons. The topological polar surface area (TPSA) is 49.5 Å². The van der Waals surface area contributed by atoms with Crippen molar-refractivity contribution in [2.45, 2.75) is 31.3 Å². The molecule has 1 aromatic carbocycles. The molecule has 1 saturated heterocycles. The van der Waals surface area contributed by atoms with Crippen molar-refractivity contribution in [1.29, 1.82) is 0 Å². The number of likely N-dealkylation sites (tertiary alicyclic amines) is 1. The molecule has 1 fully saturated rings. The molecule has 3 nitrogen and oxygen atoms in total. The van der Waals surface area contributed by atoms with E-state index in [-0.39, 0.29) is 0 Å². The normalized spacial score (nSPS) is 21.7.